The van der Waals surface area contributed by atoms with Gasteiger partial charge in [0.25, 0.3) is 0 Å². The molecule has 9 aromatic rings. The van der Waals surface area contributed by atoms with Crippen LogP contribution in [0, 0.1) is 5.41 Å². The summed E-state index contributed by atoms with van der Waals surface area (Å²) < 4.78 is 2.44. The third-order valence-corrected chi connectivity index (χ3v) is 10.6. The van der Waals surface area contributed by atoms with Crippen molar-refractivity contribution in [1.82, 2.24) is 4.57 Å². The number of rotatable bonds is 8. The van der Waals surface area contributed by atoms with Crippen LogP contribution in [0.25, 0.3) is 93.2 Å². The number of aromatic nitrogens is 1. The predicted molar refractivity (Wildman–Crippen MR) is 235 cm³/mol. The lowest BCUT2D eigenvalue weighted by Crippen LogP contribution is -1.94. The Morgan fingerprint density at radius 2 is 1.09 bits per heavy atom. The van der Waals surface area contributed by atoms with Gasteiger partial charge in [0.2, 0.25) is 0 Å². The first-order chi connectivity index (χ1) is 26.5. The Morgan fingerprint density at radius 3 is 1.76 bits per heavy atom. The highest BCUT2D eigenvalue weighted by Gasteiger charge is 2.17. The molecule has 1 N–H and O–H groups in total. The van der Waals surface area contributed by atoms with Gasteiger partial charge in [0, 0.05) is 28.1 Å². The summed E-state index contributed by atoms with van der Waals surface area (Å²) in [4.78, 5) is 0. The second-order valence-corrected chi connectivity index (χ2v) is 13.9. The van der Waals surface area contributed by atoms with Crippen LogP contribution in [-0.4, -0.2) is 10.8 Å². The molecule has 0 spiro atoms. The van der Waals surface area contributed by atoms with Gasteiger partial charge in [-0.25, -0.2) is 0 Å². The first-order valence-electron chi connectivity index (χ1n) is 18.3. The molecule has 1 heterocycles. The standard InChI is InChI=1S/C52H38N2/c1-4-9-34(3)35-13-14-37-29-41(18-15-36(37)27-35)44-22-25-49-50-26-23-45-31-42(21-24-48(45)52(50)54(51(49)32-44)47-11-7-6-8-12-47)39-16-17-40-30-43(20-19-38(40)28-39)46(33-53)10-5-2/h4-33,53H,2-3H2,1H3/b9-4-,46-10+,53-33?. The van der Waals surface area contributed by atoms with Crippen LogP contribution in [0.4, 0.5) is 0 Å². The number of para-hydroxylation sites is 1. The van der Waals surface area contributed by atoms with Crippen LogP contribution in [0.5, 0.6) is 0 Å². The summed E-state index contributed by atoms with van der Waals surface area (Å²) in [5.74, 6) is 0. The van der Waals surface area contributed by atoms with Gasteiger partial charge in [0.05, 0.1) is 11.0 Å². The molecule has 0 unspecified atom stereocenters. The number of benzene rings is 8. The Bertz CT molecular complexity index is 3040. The van der Waals surface area contributed by atoms with E-state index in [1.54, 1.807) is 6.08 Å². The molecule has 256 valence electrons. The maximum atomic E-state index is 7.81. The minimum Gasteiger partial charge on any atom is -0.309 e. The minimum absolute atomic E-state index is 0.844. The zero-order valence-corrected chi connectivity index (χ0v) is 30.2. The van der Waals surface area contributed by atoms with Gasteiger partial charge >= 0.3 is 0 Å². The van der Waals surface area contributed by atoms with Gasteiger partial charge in [-0.1, -0.05) is 141 Å². The van der Waals surface area contributed by atoms with Crippen molar-refractivity contribution < 1.29 is 0 Å². The molecule has 0 saturated heterocycles. The van der Waals surface area contributed by atoms with Crippen LogP contribution in [0.3, 0.4) is 0 Å². The molecule has 2 heteroatoms. The van der Waals surface area contributed by atoms with Crippen molar-refractivity contribution in [1.29, 1.82) is 5.41 Å². The number of allylic oxidation sites excluding steroid dienone is 6. The van der Waals surface area contributed by atoms with E-state index in [1.165, 1.54) is 77.2 Å². The third kappa shape index (κ3) is 5.66. The number of nitrogens with one attached hydrogen (secondary N) is 1. The maximum Gasteiger partial charge on any atom is 0.0619 e. The van der Waals surface area contributed by atoms with Gasteiger partial charge in [0.15, 0.2) is 0 Å². The van der Waals surface area contributed by atoms with E-state index in [4.69, 9.17) is 5.41 Å². The first-order valence-corrected chi connectivity index (χ1v) is 18.3. The average Bonchev–Trinajstić information content (AvgIpc) is 3.56. The summed E-state index contributed by atoms with van der Waals surface area (Å²) in [5.41, 5.74) is 12.3. The number of hydrogen-bond donors (Lipinski definition) is 1. The largest absolute Gasteiger partial charge is 0.309 e. The molecule has 0 amide bonds. The van der Waals surface area contributed by atoms with Crippen LogP contribution in [0.15, 0.2) is 189 Å². The van der Waals surface area contributed by atoms with Gasteiger partial charge in [-0.05, 0) is 127 Å². The Labute approximate surface area is 315 Å². The van der Waals surface area contributed by atoms with Crippen LogP contribution in [0.2, 0.25) is 0 Å². The highest BCUT2D eigenvalue weighted by atomic mass is 15.0. The molecule has 1 aromatic heterocycles. The predicted octanol–water partition coefficient (Wildman–Crippen LogP) is 14.4. The van der Waals surface area contributed by atoms with Crippen molar-refractivity contribution in [2.45, 2.75) is 6.92 Å². The highest BCUT2D eigenvalue weighted by molar-refractivity contribution is 6.19. The van der Waals surface area contributed by atoms with Crippen LogP contribution in [-0.2, 0) is 0 Å². The van der Waals surface area contributed by atoms with E-state index in [9.17, 15) is 0 Å². The Hall–Kier alpha value is -7.03. The quantitative estimate of drug-likeness (QED) is 0.121. The molecule has 54 heavy (non-hydrogen) atoms. The van der Waals surface area contributed by atoms with Crippen molar-refractivity contribution in [2.24, 2.45) is 0 Å². The third-order valence-electron chi connectivity index (χ3n) is 10.6. The molecule has 8 aromatic carbocycles. The topological polar surface area (TPSA) is 28.8 Å². The van der Waals surface area contributed by atoms with Gasteiger partial charge < -0.3 is 9.98 Å². The molecule has 0 bridgehead atoms. The fourth-order valence-corrected chi connectivity index (χ4v) is 7.92. The number of fused-ring (bicyclic) bond motifs is 7. The second kappa shape index (κ2) is 13.5. The molecule has 0 atom stereocenters. The fraction of sp³-hybridized carbons (Fsp3) is 0.0192. The van der Waals surface area contributed by atoms with E-state index in [-0.39, 0.29) is 0 Å². The van der Waals surface area contributed by atoms with Gasteiger partial charge in [-0.2, -0.15) is 0 Å². The normalized spacial score (nSPS) is 12.1. The van der Waals surface area contributed by atoms with Gasteiger partial charge in [-0.3, -0.25) is 0 Å². The summed E-state index contributed by atoms with van der Waals surface area (Å²) in [6.45, 7) is 10.1. The zero-order valence-electron chi connectivity index (χ0n) is 30.2. The minimum atomic E-state index is 0.844. The van der Waals surface area contributed by atoms with E-state index < -0.39 is 0 Å². The van der Waals surface area contributed by atoms with E-state index in [2.05, 4.69) is 175 Å². The van der Waals surface area contributed by atoms with Crippen LogP contribution < -0.4 is 0 Å². The average molecular weight is 691 g/mol. The number of hydrogen-bond acceptors (Lipinski definition) is 1. The molecule has 9 rings (SSSR count). The van der Waals surface area contributed by atoms with Crippen LogP contribution >= 0.6 is 0 Å². The first kappa shape index (κ1) is 32.8. The molecule has 0 saturated carbocycles. The second-order valence-electron chi connectivity index (χ2n) is 13.9. The molecule has 0 fully saturated rings. The van der Waals surface area contributed by atoms with Crippen molar-refractivity contribution in [3.05, 3.63) is 200 Å². The molecule has 2 nitrogen and oxygen atoms in total. The smallest absolute Gasteiger partial charge is 0.0619 e. The lowest BCUT2D eigenvalue weighted by atomic mass is 9.96. The maximum absolute atomic E-state index is 7.81. The highest BCUT2D eigenvalue weighted by Crippen LogP contribution is 2.40. The molecule has 0 aliphatic heterocycles. The van der Waals surface area contributed by atoms with Gasteiger partial charge in [-0.15, -0.1) is 0 Å². The molecule has 0 aliphatic rings. The Balaban J connectivity index is 1.16. The summed E-state index contributed by atoms with van der Waals surface area (Å²) >= 11 is 0. The lowest BCUT2D eigenvalue weighted by Gasteiger charge is -2.12. The molecular formula is C52H38N2. The molecule has 0 aliphatic carbocycles. The monoisotopic (exact) mass is 690 g/mol. The molecule has 0 radical (unpaired) electrons. The van der Waals surface area contributed by atoms with Crippen LogP contribution in [0.1, 0.15) is 18.1 Å². The van der Waals surface area contributed by atoms with Crippen molar-refractivity contribution >= 4 is 71.5 Å². The summed E-state index contributed by atoms with van der Waals surface area (Å²) in [5, 5.41) is 17.4. The van der Waals surface area contributed by atoms with E-state index in [0.29, 0.717) is 0 Å². The van der Waals surface area contributed by atoms with Crippen molar-refractivity contribution in [2.75, 3.05) is 0 Å². The van der Waals surface area contributed by atoms with E-state index >= 15 is 0 Å². The number of nitrogens with zero attached hydrogens (tertiary/aromatic N) is 1. The van der Waals surface area contributed by atoms with Gasteiger partial charge in [0.1, 0.15) is 0 Å². The van der Waals surface area contributed by atoms with Crippen molar-refractivity contribution in [3.8, 4) is 27.9 Å². The molecular weight excluding hydrogens is 653 g/mol. The Morgan fingerprint density at radius 1 is 0.556 bits per heavy atom. The zero-order chi connectivity index (χ0) is 36.8. The van der Waals surface area contributed by atoms with Crippen molar-refractivity contribution in [3.63, 3.8) is 0 Å². The van der Waals surface area contributed by atoms with E-state index in [1.807, 2.05) is 19.1 Å². The lowest BCUT2D eigenvalue weighted by molar-refractivity contribution is 1.19. The Kier molecular flexibility index (Phi) is 8.21. The summed E-state index contributed by atoms with van der Waals surface area (Å²) in [7, 11) is 0. The fourth-order valence-electron chi connectivity index (χ4n) is 7.92. The summed E-state index contributed by atoms with van der Waals surface area (Å²) in [6, 6.07) is 55.4. The SMILES string of the molecule is C=C/C=C(\C=N)c1ccc2cc(-c3ccc4c(ccc5c6ccc(-c7ccc8cc(C(=C)/C=C\C)ccc8c7)cc6n(-c6ccccc6)c45)c3)ccc2c1. The van der Waals surface area contributed by atoms with E-state index in [0.717, 1.165) is 33.3 Å². The summed E-state index contributed by atoms with van der Waals surface area (Å²) in [6.07, 6.45) is 9.06.